The Morgan fingerprint density at radius 2 is 1.54 bits per heavy atom. The van der Waals surface area contributed by atoms with Crippen molar-refractivity contribution in [1.82, 2.24) is 9.80 Å². The zero-order chi connectivity index (χ0) is 18.5. The summed E-state index contributed by atoms with van der Waals surface area (Å²) < 4.78 is 0. The quantitative estimate of drug-likeness (QED) is 0.920. The van der Waals surface area contributed by atoms with E-state index in [1.165, 1.54) is 11.6 Å². The average Bonchev–Trinajstić information content (AvgIpc) is 2.67. The van der Waals surface area contributed by atoms with Gasteiger partial charge in [0.15, 0.2) is 0 Å². The second kappa shape index (κ2) is 8.04. The van der Waals surface area contributed by atoms with Crippen molar-refractivity contribution in [2.24, 2.45) is 0 Å². The molecule has 1 N–H and O–H groups in total. The Balaban J connectivity index is 1.50. The number of hydrogen-bond donors (Lipinski definition) is 1. The third-order valence-electron chi connectivity index (χ3n) is 4.80. The van der Waals surface area contributed by atoms with E-state index in [1.54, 1.807) is 23.1 Å². The summed E-state index contributed by atoms with van der Waals surface area (Å²) in [6.45, 7) is 4.09. The van der Waals surface area contributed by atoms with E-state index in [0.717, 1.165) is 12.0 Å². The van der Waals surface area contributed by atoms with Crippen LogP contribution in [0.2, 0.25) is 0 Å². The molecule has 0 bridgehead atoms. The Hall–Kier alpha value is -2.82. The van der Waals surface area contributed by atoms with Crippen molar-refractivity contribution in [3.63, 3.8) is 0 Å². The van der Waals surface area contributed by atoms with Crippen molar-refractivity contribution in [2.75, 3.05) is 26.2 Å². The lowest BCUT2D eigenvalue weighted by molar-refractivity contribution is -0.132. The van der Waals surface area contributed by atoms with Gasteiger partial charge in [0.1, 0.15) is 5.75 Å². The molecule has 0 saturated carbocycles. The molecule has 2 amide bonds. The predicted octanol–water partition coefficient (Wildman–Crippen LogP) is 2.62. The van der Waals surface area contributed by atoms with Gasteiger partial charge in [-0.05, 0) is 31.0 Å². The van der Waals surface area contributed by atoms with Gasteiger partial charge in [0, 0.05) is 32.6 Å². The molecule has 1 fully saturated rings. The first-order chi connectivity index (χ1) is 12.5. The maximum absolute atomic E-state index is 12.5. The molecule has 26 heavy (non-hydrogen) atoms. The molecule has 5 nitrogen and oxygen atoms in total. The van der Waals surface area contributed by atoms with Crippen LogP contribution in [0.25, 0.3) is 0 Å². The Kier molecular flexibility index (Phi) is 5.56. The number of benzene rings is 2. The van der Waals surface area contributed by atoms with Crippen molar-refractivity contribution >= 4 is 11.8 Å². The lowest BCUT2D eigenvalue weighted by atomic mass is 10.1. The highest BCUT2D eigenvalue weighted by Gasteiger charge is 2.25. The summed E-state index contributed by atoms with van der Waals surface area (Å²) in [5.41, 5.74) is 2.69. The van der Waals surface area contributed by atoms with E-state index in [0.29, 0.717) is 38.2 Å². The summed E-state index contributed by atoms with van der Waals surface area (Å²) in [6, 6.07) is 14.8. The predicted molar refractivity (Wildman–Crippen MR) is 100 cm³/mol. The molecule has 1 heterocycles. The van der Waals surface area contributed by atoms with Crippen LogP contribution >= 0.6 is 0 Å². The van der Waals surface area contributed by atoms with Gasteiger partial charge in [-0.25, -0.2) is 0 Å². The summed E-state index contributed by atoms with van der Waals surface area (Å²) in [4.78, 5) is 28.4. The Morgan fingerprint density at radius 1 is 0.923 bits per heavy atom. The zero-order valence-electron chi connectivity index (χ0n) is 15.0. The monoisotopic (exact) mass is 352 g/mol. The van der Waals surface area contributed by atoms with Crippen molar-refractivity contribution in [3.05, 3.63) is 65.2 Å². The minimum atomic E-state index is -0.185. The number of amides is 2. The van der Waals surface area contributed by atoms with E-state index in [9.17, 15) is 14.7 Å². The van der Waals surface area contributed by atoms with Gasteiger partial charge in [-0.2, -0.15) is 0 Å². The number of nitrogens with zero attached hydrogens (tertiary/aromatic N) is 2. The topological polar surface area (TPSA) is 60.9 Å². The van der Waals surface area contributed by atoms with E-state index in [4.69, 9.17) is 0 Å². The number of rotatable bonds is 4. The van der Waals surface area contributed by atoms with Crippen LogP contribution in [0.15, 0.2) is 48.5 Å². The third kappa shape index (κ3) is 4.23. The molecule has 5 heteroatoms. The largest absolute Gasteiger partial charge is 0.507 e. The molecule has 0 radical (unpaired) electrons. The highest BCUT2D eigenvalue weighted by molar-refractivity contribution is 5.97. The van der Waals surface area contributed by atoms with Crippen molar-refractivity contribution in [1.29, 1.82) is 0 Å². The van der Waals surface area contributed by atoms with Gasteiger partial charge in [-0.1, -0.05) is 42.0 Å². The van der Waals surface area contributed by atoms with Crippen LogP contribution in [0.1, 0.15) is 27.9 Å². The minimum Gasteiger partial charge on any atom is -0.507 e. The molecule has 1 saturated heterocycles. The summed E-state index contributed by atoms with van der Waals surface area (Å²) in [5, 5.41) is 9.84. The molecule has 136 valence electrons. The van der Waals surface area contributed by atoms with Crippen LogP contribution in [0.4, 0.5) is 0 Å². The minimum absolute atomic E-state index is 0.00546. The van der Waals surface area contributed by atoms with E-state index >= 15 is 0 Å². The highest BCUT2D eigenvalue weighted by atomic mass is 16.3. The molecule has 2 aromatic rings. The van der Waals surface area contributed by atoms with Crippen LogP contribution in [0.3, 0.4) is 0 Å². The normalized spacial score (nSPS) is 14.3. The number of phenolic OH excluding ortho intramolecular Hbond substituents is 1. The van der Waals surface area contributed by atoms with Gasteiger partial charge < -0.3 is 14.9 Å². The first kappa shape index (κ1) is 18.0. The maximum Gasteiger partial charge on any atom is 0.257 e. The lowest BCUT2D eigenvalue weighted by Crippen LogP contribution is -2.50. The second-order valence-electron chi connectivity index (χ2n) is 6.68. The fourth-order valence-electron chi connectivity index (χ4n) is 3.15. The zero-order valence-corrected chi connectivity index (χ0v) is 15.0. The third-order valence-corrected chi connectivity index (χ3v) is 4.80. The first-order valence-electron chi connectivity index (χ1n) is 8.95. The Labute approximate surface area is 153 Å². The maximum atomic E-state index is 12.5. The summed E-state index contributed by atoms with van der Waals surface area (Å²) in [6.07, 6.45) is 1.21. The fraction of sp³-hybridized carbons (Fsp3) is 0.333. The molecule has 0 aliphatic carbocycles. The Morgan fingerprint density at radius 3 is 2.19 bits per heavy atom. The molecular formula is C21H24N2O3. The summed E-state index contributed by atoms with van der Waals surface area (Å²) >= 11 is 0. The second-order valence-corrected chi connectivity index (χ2v) is 6.68. The number of hydrogen-bond acceptors (Lipinski definition) is 3. The van der Waals surface area contributed by atoms with E-state index in [2.05, 4.69) is 24.3 Å². The number of carbonyl (C=O) groups excluding carboxylic acids is 2. The van der Waals surface area contributed by atoms with Crippen LogP contribution in [-0.2, 0) is 11.2 Å². The molecule has 0 spiro atoms. The van der Waals surface area contributed by atoms with Gasteiger partial charge in [-0.15, -0.1) is 0 Å². The molecule has 2 aromatic carbocycles. The average molecular weight is 352 g/mol. The van der Waals surface area contributed by atoms with E-state index < -0.39 is 0 Å². The Bertz CT molecular complexity index is 778. The number of carbonyl (C=O) groups is 2. The van der Waals surface area contributed by atoms with Gasteiger partial charge in [-0.3, -0.25) is 9.59 Å². The van der Waals surface area contributed by atoms with Crippen LogP contribution < -0.4 is 0 Å². The summed E-state index contributed by atoms with van der Waals surface area (Å²) in [7, 11) is 0. The van der Waals surface area contributed by atoms with Crippen molar-refractivity contribution in [3.8, 4) is 5.75 Å². The fourth-order valence-corrected chi connectivity index (χ4v) is 3.15. The van der Waals surface area contributed by atoms with E-state index in [1.807, 2.05) is 11.8 Å². The number of para-hydroxylation sites is 1. The van der Waals surface area contributed by atoms with Gasteiger partial charge >= 0.3 is 0 Å². The molecule has 0 unspecified atom stereocenters. The standard InChI is InChI=1S/C21H24N2O3/c1-16-6-8-17(9-7-16)10-11-20(25)22-12-14-23(15-13-22)21(26)18-4-2-3-5-19(18)24/h2-9,24H,10-15H2,1H3. The van der Waals surface area contributed by atoms with Crippen molar-refractivity contribution < 1.29 is 14.7 Å². The number of aromatic hydroxyl groups is 1. The molecule has 0 aromatic heterocycles. The van der Waals surface area contributed by atoms with Gasteiger partial charge in [0.25, 0.3) is 5.91 Å². The van der Waals surface area contributed by atoms with Crippen LogP contribution in [0.5, 0.6) is 5.75 Å². The highest BCUT2D eigenvalue weighted by Crippen LogP contribution is 2.19. The molecule has 3 rings (SSSR count). The summed E-state index contributed by atoms with van der Waals surface area (Å²) in [5.74, 6) is -0.0656. The lowest BCUT2D eigenvalue weighted by Gasteiger charge is -2.35. The smallest absolute Gasteiger partial charge is 0.257 e. The SMILES string of the molecule is Cc1ccc(CCC(=O)N2CCN(C(=O)c3ccccc3O)CC2)cc1. The number of phenols is 1. The van der Waals surface area contributed by atoms with Gasteiger partial charge in [0.2, 0.25) is 5.91 Å². The number of aryl methyl sites for hydroxylation is 2. The van der Waals surface area contributed by atoms with Crippen LogP contribution in [-0.4, -0.2) is 52.9 Å². The van der Waals surface area contributed by atoms with Gasteiger partial charge in [0.05, 0.1) is 5.56 Å². The molecule has 1 aliphatic rings. The van der Waals surface area contributed by atoms with Crippen LogP contribution in [0, 0.1) is 6.92 Å². The van der Waals surface area contributed by atoms with Crippen molar-refractivity contribution in [2.45, 2.75) is 19.8 Å². The van der Waals surface area contributed by atoms with E-state index in [-0.39, 0.29) is 17.6 Å². The molecule has 1 aliphatic heterocycles. The molecule has 0 atom stereocenters. The number of piperazine rings is 1. The molecular weight excluding hydrogens is 328 g/mol. The first-order valence-corrected chi connectivity index (χ1v) is 8.95.